The highest BCUT2D eigenvalue weighted by molar-refractivity contribution is 6.09. The minimum absolute atomic E-state index is 0.0599. The molecule has 1 atom stereocenters. The minimum Gasteiger partial charge on any atom is -0.496 e. The zero-order chi connectivity index (χ0) is 17.3. The molecule has 1 heterocycles. The van der Waals surface area contributed by atoms with Crippen LogP contribution in [0, 0.1) is 0 Å². The molecule has 0 saturated carbocycles. The van der Waals surface area contributed by atoms with Crippen molar-refractivity contribution in [2.24, 2.45) is 0 Å². The van der Waals surface area contributed by atoms with Gasteiger partial charge in [-0.05, 0) is 31.2 Å². The highest BCUT2D eigenvalue weighted by atomic mass is 16.5. The summed E-state index contributed by atoms with van der Waals surface area (Å²) in [5, 5.41) is 2.88. The Morgan fingerprint density at radius 1 is 1.17 bits per heavy atom. The molecule has 1 unspecified atom stereocenters. The first-order chi connectivity index (χ1) is 11.5. The van der Waals surface area contributed by atoms with Crippen LogP contribution in [0.25, 0.3) is 0 Å². The summed E-state index contributed by atoms with van der Waals surface area (Å²) in [6, 6.07) is 14.5. The fraction of sp³-hybridized carbons (Fsp3) is 0.263. The molecule has 1 aliphatic heterocycles. The molecular weight excluding hydrogens is 304 g/mol. The minimum atomic E-state index is -0.860. The number of benzene rings is 2. The molecule has 124 valence electrons. The summed E-state index contributed by atoms with van der Waals surface area (Å²) in [5.74, 6) is 0.396. The van der Waals surface area contributed by atoms with E-state index in [1.807, 2.05) is 43.3 Å². The summed E-state index contributed by atoms with van der Waals surface area (Å²) in [6.07, 6.45) is 0. The molecule has 0 aliphatic carbocycles. The van der Waals surface area contributed by atoms with Crippen molar-refractivity contribution in [2.75, 3.05) is 25.6 Å². The number of ether oxygens (including phenoxy) is 1. The van der Waals surface area contributed by atoms with Crippen molar-refractivity contribution in [1.29, 1.82) is 0 Å². The lowest BCUT2D eigenvalue weighted by atomic mass is 9.83. The Morgan fingerprint density at radius 2 is 1.88 bits per heavy atom. The number of nitrogens with one attached hydrogen (secondary N) is 1. The lowest BCUT2D eigenvalue weighted by Crippen LogP contribution is -2.45. The Morgan fingerprint density at radius 3 is 2.54 bits per heavy atom. The number of methoxy groups -OCH3 is 1. The van der Waals surface area contributed by atoms with E-state index in [-0.39, 0.29) is 18.4 Å². The van der Waals surface area contributed by atoms with Crippen LogP contribution in [0.1, 0.15) is 22.8 Å². The number of anilines is 1. The van der Waals surface area contributed by atoms with Crippen LogP contribution >= 0.6 is 0 Å². The predicted molar refractivity (Wildman–Crippen MR) is 92.5 cm³/mol. The fourth-order valence-electron chi connectivity index (χ4n) is 3.22. The maximum Gasteiger partial charge on any atom is 0.251 e. The maximum absolute atomic E-state index is 12.8. The molecular formula is C19H20N2O3. The Bertz CT molecular complexity index is 788. The second-order valence-corrected chi connectivity index (χ2v) is 6.10. The molecule has 2 aromatic rings. The van der Waals surface area contributed by atoms with E-state index in [1.54, 1.807) is 31.2 Å². The second kappa shape index (κ2) is 6.00. The van der Waals surface area contributed by atoms with Gasteiger partial charge >= 0.3 is 0 Å². The van der Waals surface area contributed by atoms with Crippen molar-refractivity contribution in [2.45, 2.75) is 12.3 Å². The van der Waals surface area contributed by atoms with Crippen molar-refractivity contribution < 1.29 is 14.3 Å². The number of rotatable bonds is 4. The topological polar surface area (TPSA) is 58.6 Å². The molecule has 0 spiro atoms. The maximum atomic E-state index is 12.8. The van der Waals surface area contributed by atoms with E-state index in [4.69, 9.17) is 4.74 Å². The van der Waals surface area contributed by atoms with Gasteiger partial charge < -0.3 is 15.0 Å². The SMILES string of the molecule is COc1cccc2c1C(C)(CNC(=O)c1ccccc1)C(=O)N2C. The highest BCUT2D eigenvalue weighted by Gasteiger charge is 2.48. The van der Waals surface area contributed by atoms with Crippen LogP contribution in [0.15, 0.2) is 48.5 Å². The number of nitrogens with zero attached hydrogens (tertiary/aromatic N) is 1. The first-order valence-corrected chi connectivity index (χ1v) is 7.78. The van der Waals surface area contributed by atoms with Crippen LogP contribution in [0.3, 0.4) is 0 Å². The zero-order valence-electron chi connectivity index (χ0n) is 14.0. The first-order valence-electron chi connectivity index (χ1n) is 7.78. The monoisotopic (exact) mass is 324 g/mol. The fourth-order valence-corrected chi connectivity index (χ4v) is 3.22. The van der Waals surface area contributed by atoms with Gasteiger partial charge in [-0.25, -0.2) is 0 Å². The van der Waals surface area contributed by atoms with E-state index in [0.29, 0.717) is 11.3 Å². The van der Waals surface area contributed by atoms with E-state index in [0.717, 1.165) is 11.3 Å². The van der Waals surface area contributed by atoms with Crippen LogP contribution in [0.2, 0.25) is 0 Å². The summed E-state index contributed by atoms with van der Waals surface area (Å²) >= 11 is 0. The third-order valence-electron chi connectivity index (χ3n) is 4.55. The molecule has 24 heavy (non-hydrogen) atoms. The number of hydrogen-bond acceptors (Lipinski definition) is 3. The number of likely N-dealkylation sites (N-methyl/N-ethyl adjacent to an activating group) is 1. The van der Waals surface area contributed by atoms with Crippen LogP contribution in [0.5, 0.6) is 5.75 Å². The van der Waals surface area contributed by atoms with E-state index >= 15 is 0 Å². The van der Waals surface area contributed by atoms with Crippen LogP contribution in [0.4, 0.5) is 5.69 Å². The summed E-state index contributed by atoms with van der Waals surface area (Å²) in [4.78, 5) is 26.8. The van der Waals surface area contributed by atoms with Gasteiger partial charge in [0.1, 0.15) is 5.75 Å². The van der Waals surface area contributed by atoms with Crippen molar-refractivity contribution in [3.63, 3.8) is 0 Å². The molecule has 0 saturated heterocycles. The van der Waals surface area contributed by atoms with Crippen LogP contribution < -0.4 is 15.0 Å². The van der Waals surface area contributed by atoms with Gasteiger partial charge in [0.15, 0.2) is 0 Å². The number of hydrogen-bond donors (Lipinski definition) is 1. The normalized spacial score (nSPS) is 19.1. The van der Waals surface area contributed by atoms with Gasteiger partial charge in [-0.2, -0.15) is 0 Å². The summed E-state index contributed by atoms with van der Waals surface area (Å²) in [7, 11) is 3.33. The van der Waals surface area contributed by atoms with Crippen molar-refractivity contribution >= 4 is 17.5 Å². The number of fused-ring (bicyclic) bond motifs is 1. The van der Waals surface area contributed by atoms with Crippen LogP contribution in [-0.2, 0) is 10.2 Å². The third kappa shape index (κ3) is 2.42. The van der Waals surface area contributed by atoms with Crippen molar-refractivity contribution in [3.05, 3.63) is 59.7 Å². The second-order valence-electron chi connectivity index (χ2n) is 6.10. The van der Waals surface area contributed by atoms with Crippen LogP contribution in [-0.4, -0.2) is 32.5 Å². The molecule has 2 aromatic carbocycles. The molecule has 0 bridgehead atoms. The van der Waals surface area contributed by atoms with Gasteiger partial charge in [0, 0.05) is 24.7 Å². The molecule has 1 N–H and O–H groups in total. The molecule has 1 aliphatic rings. The standard InChI is InChI=1S/C19H20N2O3/c1-19(12-20-17(22)13-8-5-4-6-9-13)16-14(21(2)18(19)23)10-7-11-15(16)24-3/h4-11H,12H2,1-3H3,(H,20,22). The van der Waals surface area contributed by atoms with Gasteiger partial charge in [0.05, 0.1) is 18.2 Å². The predicted octanol–water partition coefficient (Wildman–Crippen LogP) is 2.36. The molecule has 2 amide bonds. The summed E-state index contributed by atoms with van der Waals surface area (Å²) in [6.45, 7) is 2.04. The molecule has 5 heteroatoms. The Balaban J connectivity index is 1.91. The van der Waals surface area contributed by atoms with Gasteiger partial charge in [0.25, 0.3) is 5.91 Å². The van der Waals surface area contributed by atoms with Crippen molar-refractivity contribution in [3.8, 4) is 5.75 Å². The number of amides is 2. The van der Waals surface area contributed by atoms with E-state index in [9.17, 15) is 9.59 Å². The van der Waals surface area contributed by atoms with E-state index in [2.05, 4.69) is 5.32 Å². The summed E-state index contributed by atoms with van der Waals surface area (Å²) in [5.41, 5.74) is 1.34. The van der Waals surface area contributed by atoms with Crippen molar-refractivity contribution in [1.82, 2.24) is 5.32 Å². The van der Waals surface area contributed by atoms with Gasteiger partial charge in [-0.3, -0.25) is 9.59 Å². The molecule has 0 radical (unpaired) electrons. The molecule has 3 rings (SSSR count). The smallest absolute Gasteiger partial charge is 0.251 e. The molecule has 5 nitrogen and oxygen atoms in total. The Labute approximate surface area is 141 Å². The van der Waals surface area contributed by atoms with E-state index in [1.165, 1.54) is 0 Å². The zero-order valence-corrected chi connectivity index (χ0v) is 14.0. The average Bonchev–Trinajstić information content (AvgIpc) is 2.82. The average molecular weight is 324 g/mol. The third-order valence-corrected chi connectivity index (χ3v) is 4.55. The first kappa shape index (κ1) is 16.1. The Hall–Kier alpha value is -2.82. The quantitative estimate of drug-likeness (QED) is 0.939. The number of carbonyl (C=O) groups is 2. The molecule has 0 aromatic heterocycles. The van der Waals surface area contributed by atoms with Gasteiger partial charge in [0.2, 0.25) is 5.91 Å². The Kier molecular flexibility index (Phi) is 4.01. The lowest BCUT2D eigenvalue weighted by Gasteiger charge is -2.25. The van der Waals surface area contributed by atoms with Gasteiger partial charge in [-0.15, -0.1) is 0 Å². The largest absolute Gasteiger partial charge is 0.496 e. The number of carbonyl (C=O) groups excluding carboxylic acids is 2. The summed E-state index contributed by atoms with van der Waals surface area (Å²) < 4.78 is 5.45. The highest BCUT2D eigenvalue weighted by Crippen LogP contribution is 2.45. The van der Waals surface area contributed by atoms with E-state index < -0.39 is 5.41 Å². The lowest BCUT2D eigenvalue weighted by molar-refractivity contribution is -0.122. The van der Waals surface area contributed by atoms with Gasteiger partial charge in [-0.1, -0.05) is 24.3 Å². The molecule has 0 fully saturated rings.